The summed E-state index contributed by atoms with van der Waals surface area (Å²) in [6.07, 6.45) is 4.10. The molecule has 0 bridgehead atoms. The van der Waals surface area contributed by atoms with E-state index in [-0.39, 0.29) is 59.6 Å². The quantitative estimate of drug-likeness (QED) is 0.112. The van der Waals surface area contributed by atoms with E-state index in [1.165, 1.54) is 37.3 Å². The molecule has 0 radical (unpaired) electrons. The fourth-order valence-electron chi connectivity index (χ4n) is 9.62. The standard InChI is InChI=1S/C29H24F3N3O3.C27H21F3N4O3.C2H6.2H2/c30-18-14-21(27(32)23(31)15-18)19-4-3-5-20-26(17-8-11-37-12-9-17)22(16-33-28(19)20)29(36)34-35-10-13-38-25-7-2-1-6-24(25)35;1-15(35)33(2)26-18-7-5-6-17(19-12-16(28)13-21(29)24(19)30)25(18)31-14-20(26)27(36)32-34-10-11-37-23-9-4-3-8-22(23)34;1-2;;/h1-7,14-17H,8-13H2,(H,34,36);3-9,12-14H,10-11H2,1-2H3,(H,32,36);1-2H3;2*1H. The molecular weight excluding hydrogens is 1000 g/mol. The third kappa shape index (κ3) is 10.8. The number of carbonyl (C=O) groups is 3. The summed E-state index contributed by atoms with van der Waals surface area (Å²) in [6, 6.07) is 27.2. The molecule has 13 nitrogen and oxygen atoms in total. The highest BCUT2D eigenvalue weighted by molar-refractivity contribution is 6.14. The summed E-state index contributed by atoms with van der Waals surface area (Å²) in [5.41, 5.74) is 9.04. The number of amides is 3. The number of halogens is 6. The fraction of sp³-hybridized carbons (Fsp3) is 0.224. The van der Waals surface area contributed by atoms with E-state index in [1.54, 1.807) is 46.4 Å². The molecular formula is C58H55F6N7O6. The van der Waals surface area contributed by atoms with E-state index in [4.69, 9.17) is 14.2 Å². The van der Waals surface area contributed by atoms with Gasteiger partial charge in [0.2, 0.25) is 5.91 Å². The number of fused-ring (bicyclic) bond motifs is 4. The van der Waals surface area contributed by atoms with Crippen LogP contribution >= 0.6 is 0 Å². The van der Waals surface area contributed by atoms with E-state index in [0.29, 0.717) is 104 Å². The SMILES string of the molecule is CC.CC(=O)N(C)c1c(C(=O)NN2CCOc3ccccc32)cnc2c(-c3cc(F)cc(F)c3F)cccc12.O=C(NN1CCOc2ccccc21)c1cnc2c(-c3cc(F)cc(F)c3F)cccc2c1C1CCOCC1.[HH].[HH]. The molecule has 3 aliphatic heterocycles. The number of para-hydroxylation sites is 6. The zero-order chi connectivity index (χ0) is 54.5. The minimum Gasteiger partial charge on any atom is -0.489 e. The number of nitrogens with one attached hydrogen (secondary N) is 2. The van der Waals surface area contributed by atoms with Gasteiger partial charge in [0.15, 0.2) is 23.3 Å². The van der Waals surface area contributed by atoms with Crippen molar-refractivity contribution in [3.63, 3.8) is 0 Å². The van der Waals surface area contributed by atoms with Gasteiger partial charge in [0.05, 0.1) is 52.3 Å². The normalized spacial score (nSPS) is 13.9. The summed E-state index contributed by atoms with van der Waals surface area (Å²) in [4.78, 5) is 49.8. The first-order valence-electron chi connectivity index (χ1n) is 24.8. The predicted molar refractivity (Wildman–Crippen MR) is 285 cm³/mol. The maximum atomic E-state index is 14.8. The monoisotopic (exact) mass is 1060 g/mol. The third-order valence-corrected chi connectivity index (χ3v) is 13.2. The van der Waals surface area contributed by atoms with Gasteiger partial charge in [0, 0.05) is 87.6 Å². The number of aromatic nitrogens is 2. The zero-order valence-electron chi connectivity index (χ0n) is 42.2. The van der Waals surface area contributed by atoms with Crippen LogP contribution < -0.4 is 35.2 Å². The van der Waals surface area contributed by atoms with Gasteiger partial charge < -0.3 is 19.1 Å². The number of ether oxygens (including phenoxy) is 3. The minimum atomic E-state index is -1.34. The van der Waals surface area contributed by atoms with Crippen molar-refractivity contribution in [3.05, 3.63) is 173 Å². The zero-order valence-corrected chi connectivity index (χ0v) is 42.2. The second kappa shape index (κ2) is 23.0. The van der Waals surface area contributed by atoms with E-state index < -0.39 is 40.8 Å². The topological polar surface area (TPSA) is 138 Å². The molecule has 1 saturated heterocycles. The molecule has 400 valence electrons. The Morgan fingerprint density at radius 1 is 0.597 bits per heavy atom. The van der Waals surface area contributed by atoms with Crippen molar-refractivity contribution in [3.8, 4) is 33.8 Å². The minimum absolute atomic E-state index is 0. The molecule has 3 amide bonds. The summed E-state index contributed by atoms with van der Waals surface area (Å²) in [6.45, 7) is 8.02. The Labute approximate surface area is 441 Å². The molecule has 0 atom stereocenters. The Morgan fingerprint density at radius 2 is 1.06 bits per heavy atom. The molecule has 8 aromatic rings. The predicted octanol–water partition coefficient (Wildman–Crippen LogP) is 12.1. The number of hydrazine groups is 2. The summed E-state index contributed by atoms with van der Waals surface area (Å²) >= 11 is 0. The molecule has 3 aliphatic rings. The highest BCUT2D eigenvalue weighted by Gasteiger charge is 2.30. The Morgan fingerprint density at radius 3 is 1.58 bits per heavy atom. The Kier molecular flexibility index (Phi) is 15.9. The molecule has 77 heavy (non-hydrogen) atoms. The largest absolute Gasteiger partial charge is 0.489 e. The fourth-order valence-corrected chi connectivity index (χ4v) is 9.62. The average Bonchev–Trinajstić information content (AvgIpc) is 3.60. The Balaban J connectivity index is 0.000000217. The van der Waals surface area contributed by atoms with Crippen molar-refractivity contribution in [1.29, 1.82) is 0 Å². The van der Waals surface area contributed by atoms with E-state index >= 15 is 0 Å². The van der Waals surface area contributed by atoms with Crippen LogP contribution in [0.15, 0.2) is 122 Å². The van der Waals surface area contributed by atoms with Crippen molar-refractivity contribution >= 4 is 56.6 Å². The lowest BCUT2D eigenvalue weighted by atomic mass is 9.85. The first-order valence-corrected chi connectivity index (χ1v) is 24.8. The molecule has 19 heteroatoms. The van der Waals surface area contributed by atoms with Gasteiger partial charge in [0.1, 0.15) is 36.3 Å². The van der Waals surface area contributed by atoms with Gasteiger partial charge in [0.25, 0.3) is 11.8 Å². The number of anilines is 3. The highest BCUT2D eigenvalue weighted by atomic mass is 19.2. The van der Waals surface area contributed by atoms with Crippen LogP contribution in [0.5, 0.6) is 11.5 Å². The number of rotatable bonds is 8. The van der Waals surface area contributed by atoms with Gasteiger partial charge in [-0.3, -0.25) is 45.2 Å². The number of pyridine rings is 2. The molecule has 6 aromatic carbocycles. The van der Waals surface area contributed by atoms with Crippen LogP contribution in [0.4, 0.5) is 43.4 Å². The van der Waals surface area contributed by atoms with Crippen molar-refractivity contribution < 1.29 is 57.8 Å². The maximum absolute atomic E-state index is 14.8. The Bertz CT molecular complexity index is 3580. The van der Waals surface area contributed by atoms with Gasteiger partial charge >= 0.3 is 0 Å². The molecule has 2 aromatic heterocycles. The third-order valence-electron chi connectivity index (χ3n) is 13.2. The van der Waals surface area contributed by atoms with E-state index in [1.807, 2.05) is 56.3 Å². The molecule has 0 unspecified atom stereocenters. The van der Waals surface area contributed by atoms with Crippen molar-refractivity contribution in [2.24, 2.45) is 0 Å². The summed E-state index contributed by atoms with van der Waals surface area (Å²) < 4.78 is 102. The lowest BCUT2D eigenvalue weighted by molar-refractivity contribution is -0.116. The Hall–Kier alpha value is -8.71. The summed E-state index contributed by atoms with van der Waals surface area (Å²) in [5.74, 6) is -6.81. The number of hydrogen-bond donors (Lipinski definition) is 2. The van der Waals surface area contributed by atoms with Crippen LogP contribution in [0.25, 0.3) is 44.1 Å². The van der Waals surface area contributed by atoms with Gasteiger partial charge in [-0.05, 0) is 60.7 Å². The van der Waals surface area contributed by atoms with Crippen LogP contribution in [-0.4, -0.2) is 74.3 Å². The van der Waals surface area contributed by atoms with Crippen LogP contribution in [0, 0.1) is 34.9 Å². The van der Waals surface area contributed by atoms with Crippen LogP contribution in [0.3, 0.4) is 0 Å². The summed E-state index contributed by atoms with van der Waals surface area (Å²) in [7, 11) is 1.49. The van der Waals surface area contributed by atoms with Crippen molar-refractivity contribution in [1.82, 2.24) is 20.8 Å². The summed E-state index contributed by atoms with van der Waals surface area (Å²) in [5, 5.41) is 4.35. The molecule has 5 heterocycles. The smallest absolute Gasteiger partial charge is 0.273 e. The van der Waals surface area contributed by atoms with E-state index in [0.717, 1.165) is 23.4 Å². The lowest BCUT2D eigenvalue weighted by Gasteiger charge is -2.32. The van der Waals surface area contributed by atoms with E-state index in [9.17, 15) is 40.7 Å². The van der Waals surface area contributed by atoms with Crippen LogP contribution in [-0.2, 0) is 9.53 Å². The second-order valence-electron chi connectivity index (χ2n) is 17.8. The van der Waals surface area contributed by atoms with Gasteiger partial charge in [-0.15, -0.1) is 0 Å². The first-order chi connectivity index (χ1) is 37.3. The van der Waals surface area contributed by atoms with Gasteiger partial charge in [-0.1, -0.05) is 74.5 Å². The number of benzene rings is 6. The average molecular weight is 1060 g/mol. The first kappa shape index (κ1) is 53.1. The van der Waals surface area contributed by atoms with Gasteiger partial charge in [-0.25, -0.2) is 26.3 Å². The molecule has 0 spiro atoms. The molecule has 0 saturated carbocycles. The molecule has 1 fully saturated rings. The van der Waals surface area contributed by atoms with Crippen molar-refractivity contribution in [2.45, 2.75) is 39.5 Å². The van der Waals surface area contributed by atoms with E-state index in [2.05, 4.69) is 20.8 Å². The lowest BCUT2D eigenvalue weighted by Crippen LogP contribution is -2.47. The van der Waals surface area contributed by atoms with Crippen molar-refractivity contribution in [2.75, 3.05) is 61.5 Å². The molecule has 11 rings (SSSR count). The van der Waals surface area contributed by atoms with Crippen LogP contribution in [0.2, 0.25) is 0 Å². The highest BCUT2D eigenvalue weighted by Crippen LogP contribution is 2.41. The number of carbonyl (C=O) groups excluding carboxylic acids is 3. The molecule has 2 N–H and O–H groups in total. The number of nitrogens with zero attached hydrogens (tertiary/aromatic N) is 5. The maximum Gasteiger partial charge on any atom is 0.273 e. The molecule has 0 aliphatic carbocycles. The van der Waals surface area contributed by atoms with Gasteiger partial charge in [-0.2, -0.15) is 0 Å². The second-order valence-corrected chi connectivity index (χ2v) is 17.8. The van der Waals surface area contributed by atoms with Crippen LogP contribution in [0.1, 0.15) is 68.7 Å². The number of hydrogen-bond acceptors (Lipinski definition) is 10.